The van der Waals surface area contributed by atoms with Crippen LogP contribution in [0, 0.1) is 0 Å². The van der Waals surface area contributed by atoms with Gasteiger partial charge in [0.2, 0.25) is 0 Å². The number of hydrogen-bond acceptors (Lipinski definition) is 1. The molecular weight excluding hydrogens is 701 g/mol. The number of furan rings is 1. The molecule has 8 aromatic rings. The van der Waals surface area contributed by atoms with Crippen molar-refractivity contribution in [1.82, 2.24) is 0 Å². The molecule has 0 amide bonds. The zero-order valence-corrected chi connectivity index (χ0v) is 34.3. The second kappa shape index (κ2) is 14.3. The number of para-hydroxylation sites is 1. The third kappa shape index (κ3) is 5.99. The molecule has 2 aliphatic rings. The van der Waals surface area contributed by atoms with E-state index in [0.717, 1.165) is 41.6 Å². The molecular formula is C57H50O. The smallest absolute Gasteiger partial charge is 0.136 e. The molecule has 1 nitrogen and oxygen atoms in total. The summed E-state index contributed by atoms with van der Waals surface area (Å²) in [5, 5.41) is 8.89. The van der Waals surface area contributed by atoms with E-state index in [9.17, 15) is 0 Å². The minimum absolute atomic E-state index is 0.163. The van der Waals surface area contributed by atoms with Crippen LogP contribution in [0.15, 0.2) is 168 Å². The minimum Gasteiger partial charge on any atom is -0.456 e. The van der Waals surface area contributed by atoms with E-state index < -0.39 is 0 Å². The molecule has 0 saturated carbocycles. The molecule has 0 aliphatic heterocycles. The average Bonchev–Trinajstić information content (AvgIpc) is 3.71. The van der Waals surface area contributed by atoms with Crippen LogP contribution in [0.3, 0.4) is 0 Å². The van der Waals surface area contributed by atoms with Gasteiger partial charge in [-0.05, 0) is 140 Å². The van der Waals surface area contributed by atoms with E-state index in [-0.39, 0.29) is 5.41 Å². The SMILES string of the molecule is CCC(C)c1ccccc1/C=C(\C)c1cc(C2(C)C=CC(C)=CC2)c2ccc3c(-c4cc5ccccc5o4)cc(-c4ccccc4C4C=CC=CC4)c4ccc1c2c34. The predicted octanol–water partition coefficient (Wildman–Crippen LogP) is 16.5. The highest BCUT2D eigenvalue weighted by Gasteiger charge is 2.30. The van der Waals surface area contributed by atoms with Gasteiger partial charge >= 0.3 is 0 Å². The molecule has 284 valence electrons. The molecule has 0 fully saturated rings. The molecule has 0 N–H and O–H groups in total. The third-order valence-electron chi connectivity index (χ3n) is 13.3. The molecule has 2 aliphatic carbocycles. The summed E-state index contributed by atoms with van der Waals surface area (Å²) >= 11 is 0. The molecule has 7 aromatic carbocycles. The van der Waals surface area contributed by atoms with E-state index in [1.54, 1.807) is 0 Å². The summed E-state index contributed by atoms with van der Waals surface area (Å²) in [5.74, 6) is 1.70. The number of benzene rings is 7. The van der Waals surface area contributed by atoms with Crippen LogP contribution < -0.4 is 0 Å². The van der Waals surface area contributed by atoms with Gasteiger partial charge in [0.05, 0.1) is 0 Å². The van der Waals surface area contributed by atoms with E-state index in [1.807, 2.05) is 0 Å². The van der Waals surface area contributed by atoms with Crippen molar-refractivity contribution in [3.8, 4) is 22.5 Å². The summed E-state index contributed by atoms with van der Waals surface area (Å²) in [7, 11) is 0. The Morgan fingerprint density at radius 1 is 0.793 bits per heavy atom. The zero-order chi connectivity index (χ0) is 39.5. The summed E-state index contributed by atoms with van der Waals surface area (Å²) in [6.07, 6.45) is 21.7. The lowest BCUT2D eigenvalue weighted by Gasteiger charge is -2.32. The van der Waals surface area contributed by atoms with Gasteiger partial charge in [0.25, 0.3) is 0 Å². The second-order valence-corrected chi connectivity index (χ2v) is 17.1. The lowest BCUT2D eigenvalue weighted by Crippen LogP contribution is -2.21. The molecule has 1 heterocycles. The fourth-order valence-electron chi connectivity index (χ4n) is 9.86. The van der Waals surface area contributed by atoms with E-state index in [4.69, 9.17) is 4.42 Å². The Morgan fingerprint density at radius 2 is 1.53 bits per heavy atom. The van der Waals surface area contributed by atoms with Gasteiger partial charge < -0.3 is 4.42 Å². The zero-order valence-electron chi connectivity index (χ0n) is 34.3. The summed E-state index contributed by atoms with van der Waals surface area (Å²) < 4.78 is 6.75. The molecule has 0 saturated heterocycles. The van der Waals surface area contributed by atoms with E-state index in [0.29, 0.717) is 11.8 Å². The maximum Gasteiger partial charge on any atom is 0.136 e. The molecule has 0 spiro atoms. The van der Waals surface area contributed by atoms with Crippen LogP contribution in [0.5, 0.6) is 0 Å². The predicted molar refractivity (Wildman–Crippen MR) is 250 cm³/mol. The summed E-state index contributed by atoms with van der Waals surface area (Å²) in [6.45, 7) is 11.6. The molecule has 1 heteroatoms. The average molecular weight is 751 g/mol. The van der Waals surface area contributed by atoms with Gasteiger partial charge in [0, 0.05) is 22.3 Å². The van der Waals surface area contributed by atoms with Crippen molar-refractivity contribution < 1.29 is 4.42 Å². The fraction of sp³-hybridized carbons (Fsp3) is 0.193. The minimum atomic E-state index is -0.163. The van der Waals surface area contributed by atoms with Crippen LogP contribution in [0.2, 0.25) is 0 Å². The quantitative estimate of drug-likeness (QED) is 0.111. The highest BCUT2D eigenvalue weighted by molar-refractivity contribution is 6.30. The Kier molecular flexibility index (Phi) is 8.94. The number of hydrogen-bond donors (Lipinski definition) is 0. The Balaban J connectivity index is 1.33. The van der Waals surface area contributed by atoms with Crippen LogP contribution in [0.25, 0.3) is 77.4 Å². The second-order valence-electron chi connectivity index (χ2n) is 17.1. The maximum absolute atomic E-state index is 6.75. The van der Waals surface area contributed by atoms with Gasteiger partial charge in [-0.2, -0.15) is 0 Å². The number of rotatable bonds is 8. The van der Waals surface area contributed by atoms with Gasteiger partial charge in [0.15, 0.2) is 0 Å². The Morgan fingerprint density at radius 3 is 2.33 bits per heavy atom. The molecule has 3 atom stereocenters. The first kappa shape index (κ1) is 36.2. The topological polar surface area (TPSA) is 13.1 Å². The van der Waals surface area contributed by atoms with E-state index in [1.165, 1.54) is 82.4 Å². The van der Waals surface area contributed by atoms with E-state index >= 15 is 0 Å². The van der Waals surface area contributed by atoms with Crippen LogP contribution in [0.4, 0.5) is 0 Å². The van der Waals surface area contributed by atoms with Gasteiger partial charge in [-0.25, -0.2) is 0 Å². The first-order valence-electron chi connectivity index (χ1n) is 21.2. The largest absolute Gasteiger partial charge is 0.456 e. The molecule has 58 heavy (non-hydrogen) atoms. The van der Waals surface area contributed by atoms with Crippen molar-refractivity contribution in [2.24, 2.45) is 0 Å². The molecule has 0 bridgehead atoms. The normalized spacial score (nSPS) is 18.9. The lowest BCUT2D eigenvalue weighted by atomic mass is 9.72. The summed E-state index contributed by atoms with van der Waals surface area (Å²) in [6, 6.07) is 43.2. The van der Waals surface area contributed by atoms with E-state index in [2.05, 4.69) is 198 Å². The molecule has 10 rings (SSSR count). The van der Waals surface area contributed by atoms with Crippen molar-refractivity contribution in [1.29, 1.82) is 0 Å². The van der Waals surface area contributed by atoms with Gasteiger partial charge in [-0.3, -0.25) is 0 Å². The summed E-state index contributed by atoms with van der Waals surface area (Å²) in [5.41, 5.74) is 13.8. The molecule has 0 radical (unpaired) electrons. The third-order valence-corrected chi connectivity index (χ3v) is 13.3. The van der Waals surface area contributed by atoms with Crippen molar-refractivity contribution in [3.05, 3.63) is 191 Å². The highest BCUT2D eigenvalue weighted by Crippen LogP contribution is 2.50. The highest BCUT2D eigenvalue weighted by atomic mass is 16.3. The van der Waals surface area contributed by atoms with Gasteiger partial charge in [-0.1, -0.05) is 166 Å². The molecule has 1 aromatic heterocycles. The fourth-order valence-corrected chi connectivity index (χ4v) is 9.86. The summed E-state index contributed by atoms with van der Waals surface area (Å²) in [4.78, 5) is 0. The van der Waals surface area contributed by atoms with Crippen LogP contribution in [-0.4, -0.2) is 0 Å². The lowest BCUT2D eigenvalue weighted by molar-refractivity contribution is 0.602. The monoisotopic (exact) mass is 750 g/mol. The Labute approximate surface area is 342 Å². The van der Waals surface area contributed by atoms with Crippen LogP contribution in [0.1, 0.15) is 93.5 Å². The maximum atomic E-state index is 6.75. The van der Waals surface area contributed by atoms with Crippen molar-refractivity contribution >= 4 is 54.9 Å². The van der Waals surface area contributed by atoms with Gasteiger partial charge in [0.1, 0.15) is 11.3 Å². The van der Waals surface area contributed by atoms with Crippen molar-refractivity contribution in [2.45, 2.75) is 71.1 Å². The van der Waals surface area contributed by atoms with Crippen molar-refractivity contribution in [3.63, 3.8) is 0 Å². The van der Waals surface area contributed by atoms with Gasteiger partial charge in [-0.15, -0.1) is 0 Å². The van der Waals surface area contributed by atoms with Crippen molar-refractivity contribution in [2.75, 3.05) is 0 Å². The number of allylic oxidation sites excluding steroid dienone is 9. The Bertz CT molecular complexity index is 3010. The number of fused-ring (bicyclic) bond motifs is 1. The van der Waals surface area contributed by atoms with Crippen LogP contribution in [-0.2, 0) is 5.41 Å². The standard InChI is InChI=1S/C57H50O/c1-6-37(3)42-20-12-10-18-40(42)32-38(4)49-35-52(57(5)30-28-36(2)29-31-57)48-27-26-47-51(54-33-41-19-11-15-23-53(41)58-54)34-50(46-25-24-45(49)56(48)55(46)47)44-22-14-13-21-43(44)39-16-8-7-9-17-39/h7-16,18-30,32-35,37,39H,6,17,31H2,1-5H3/b38-32+. The first-order valence-corrected chi connectivity index (χ1v) is 21.2. The Hall–Kier alpha value is -6.18. The first-order chi connectivity index (χ1) is 28.3. The molecule has 3 unspecified atom stereocenters. The van der Waals surface area contributed by atoms with Crippen LogP contribution >= 0.6 is 0 Å².